The second-order valence-corrected chi connectivity index (χ2v) is 19.7. The number of ether oxygens (including phenoxy) is 1. The Labute approximate surface area is 337 Å². The molecule has 8 rings (SSSR count). The number of imidazole rings is 1. The second kappa shape index (κ2) is 14.8. The van der Waals surface area contributed by atoms with Gasteiger partial charge in [-0.2, -0.15) is 13.2 Å². The van der Waals surface area contributed by atoms with E-state index in [0.29, 0.717) is 11.2 Å². The van der Waals surface area contributed by atoms with Gasteiger partial charge in [-0.1, -0.05) is 93.4 Å². The van der Waals surface area contributed by atoms with E-state index in [-0.39, 0.29) is 57.5 Å². The maximum absolute atomic E-state index is 13.5. The molecule has 3 heterocycles. The van der Waals surface area contributed by atoms with Gasteiger partial charge in [-0.05, 0) is 51.7 Å². The lowest BCUT2D eigenvalue weighted by Crippen LogP contribution is -2.67. The van der Waals surface area contributed by atoms with E-state index in [2.05, 4.69) is 71.8 Å². The molecule has 0 amide bonds. The molecular formula is C44H36F3N5O6Si. The van der Waals surface area contributed by atoms with Crippen LogP contribution in [0.2, 0.25) is 5.04 Å². The molecule has 2 aromatic heterocycles. The summed E-state index contributed by atoms with van der Waals surface area (Å²) < 4.78 is 54.6. The molecular weight excluding hydrogens is 780 g/mol. The van der Waals surface area contributed by atoms with Crippen molar-refractivity contribution in [3.8, 4) is 11.8 Å². The number of carbonyl (C=O) groups excluding carboxylic acids is 3. The van der Waals surface area contributed by atoms with Crippen LogP contribution in [0.5, 0.6) is 0 Å². The van der Waals surface area contributed by atoms with Crippen molar-refractivity contribution in [3.63, 3.8) is 0 Å². The number of hydrogen-bond donors (Lipinski definition) is 2. The number of rotatable bonds is 7. The first-order valence-corrected chi connectivity index (χ1v) is 20.6. The summed E-state index contributed by atoms with van der Waals surface area (Å²) in [5.74, 6) is 2.83. The predicted molar refractivity (Wildman–Crippen MR) is 214 cm³/mol. The Morgan fingerprint density at radius 3 is 2.10 bits per heavy atom. The summed E-state index contributed by atoms with van der Waals surface area (Å²) in [6.07, 6.45) is -6.20. The normalized spacial score (nSPS) is 18.0. The number of aromatic nitrogens is 4. The average molecular weight is 816 g/mol. The number of benzene rings is 4. The number of nitrogens with two attached hydrogens (primary N) is 1. The summed E-state index contributed by atoms with van der Waals surface area (Å²) in [5, 5.41) is 13.3. The molecule has 3 N–H and O–H groups in total. The number of nitrogens with zero attached hydrogens (tertiary/aromatic N) is 4. The Morgan fingerprint density at radius 2 is 1.49 bits per heavy atom. The minimum Gasteiger partial charge on any atom is -0.405 e. The maximum atomic E-state index is 13.5. The number of aliphatic hydroxyl groups is 1. The molecule has 11 nitrogen and oxygen atoms in total. The highest BCUT2D eigenvalue weighted by atomic mass is 28.4. The topological polar surface area (TPSA) is 160 Å². The van der Waals surface area contributed by atoms with Crippen LogP contribution in [-0.2, 0) is 9.16 Å². The number of anilines is 1. The van der Waals surface area contributed by atoms with Crippen LogP contribution >= 0.6 is 0 Å². The number of halogens is 3. The molecule has 2 aliphatic rings. The van der Waals surface area contributed by atoms with Crippen LogP contribution in [0.15, 0.2) is 103 Å². The lowest BCUT2D eigenvalue weighted by molar-refractivity contribution is -0.0885. The Balaban J connectivity index is 1.10. The Bertz CT molecular complexity index is 2680. The quantitative estimate of drug-likeness (QED) is 0.119. The van der Waals surface area contributed by atoms with Crippen molar-refractivity contribution in [1.29, 1.82) is 0 Å². The van der Waals surface area contributed by atoms with Crippen molar-refractivity contribution in [2.24, 2.45) is 0 Å². The number of carbonyl (C=O) groups is 3. The number of alkyl halides is 3. The standard InChI is InChI=1S/C44H36F3N5O6Si/c1-43(2,3)59(27-10-6-4-7-11-27,28-12-8-5-9-13-28)57-23-34-33(53)22-36(58-34)52-35(51-37-41(48)49-24-50-42(37)52)19-15-25-14-17-29-31(20-25)38(54)30-18-16-26(21-32(30)39(29)55)40(56)44(45,46)47/h4-14,16-18,20-21,24,33-34,36,53H,22-23H2,1-3H3,(H2,48,49,50)/t33-,34+,36+/m0/s1. The summed E-state index contributed by atoms with van der Waals surface area (Å²) in [6.45, 7) is 6.57. The zero-order chi connectivity index (χ0) is 41.9. The van der Waals surface area contributed by atoms with Gasteiger partial charge in [-0.3, -0.25) is 19.0 Å². The van der Waals surface area contributed by atoms with E-state index in [1.165, 1.54) is 24.5 Å². The summed E-state index contributed by atoms with van der Waals surface area (Å²) in [5.41, 5.74) is 5.90. The number of ketones is 3. The monoisotopic (exact) mass is 815 g/mol. The molecule has 4 aromatic carbocycles. The number of aliphatic hydroxyl groups excluding tert-OH is 1. The van der Waals surface area contributed by atoms with Gasteiger partial charge in [0.2, 0.25) is 0 Å². The van der Waals surface area contributed by atoms with Crippen LogP contribution in [-0.4, -0.2) is 75.3 Å². The molecule has 59 heavy (non-hydrogen) atoms. The zero-order valence-corrected chi connectivity index (χ0v) is 32.9. The number of Topliss-reactive ketones (excluding diaryl/α,β-unsaturated/α-hetero) is 1. The fourth-order valence-electron chi connectivity index (χ4n) is 7.94. The molecule has 6 aromatic rings. The van der Waals surface area contributed by atoms with Gasteiger partial charge in [0.1, 0.15) is 18.7 Å². The van der Waals surface area contributed by atoms with Crippen LogP contribution in [0.1, 0.15) is 87.0 Å². The Kier molecular flexibility index (Phi) is 9.92. The number of nitrogen functional groups attached to an aromatic ring is 1. The van der Waals surface area contributed by atoms with Crippen LogP contribution in [0.4, 0.5) is 19.0 Å². The summed E-state index contributed by atoms with van der Waals surface area (Å²) in [4.78, 5) is 51.9. The SMILES string of the molecule is CC(C)(C)[Si](OC[C@H]1O[C@@H](n2c(C#Cc3ccc4c(c3)C(=O)c3ccc(C(=O)C(F)(F)F)cc3C4=O)nc3c(N)ncnc32)C[C@@H]1O)(c1ccccc1)c1ccccc1. The van der Waals surface area contributed by atoms with Gasteiger partial charge >= 0.3 is 6.18 Å². The van der Waals surface area contributed by atoms with Gasteiger partial charge in [-0.25, -0.2) is 15.0 Å². The van der Waals surface area contributed by atoms with E-state index >= 15 is 0 Å². The van der Waals surface area contributed by atoms with Crippen LogP contribution in [0.25, 0.3) is 11.2 Å². The molecule has 1 fully saturated rings. The van der Waals surface area contributed by atoms with E-state index < -0.39 is 55.8 Å². The van der Waals surface area contributed by atoms with E-state index in [1.807, 2.05) is 36.4 Å². The van der Waals surface area contributed by atoms with Crippen LogP contribution in [0.3, 0.4) is 0 Å². The third kappa shape index (κ3) is 6.93. The molecule has 0 spiro atoms. The molecule has 0 radical (unpaired) electrons. The van der Waals surface area contributed by atoms with E-state index in [4.69, 9.17) is 14.9 Å². The van der Waals surface area contributed by atoms with E-state index in [1.54, 1.807) is 4.57 Å². The number of fused-ring (bicyclic) bond motifs is 3. The third-order valence-electron chi connectivity index (χ3n) is 10.7. The molecule has 3 atom stereocenters. The lowest BCUT2D eigenvalue weighted by atomic mass is 9.82. The van der Waals surface area contributed by atoms with Crippen molar-refractivity contribution in [2.75, 3.05) is 12.3 Å². The van der Waals surface area contributed by atoms with Crippen molar-refractivity contribution in [1.82, 2.24) is 19.5 Å². The smallest absolute Gasteiger partial charge is 0.405 e. The third-order valence-corrected chi connectivity index (χ3v) is 15.7. The molecule has 15 heteroatoms. The summed E-state index contributed by atoms with van der Waals surface area (Å²) in [7, 11) is -2.97. The fraction of sp³-hybridized carbons (Fsp3) is 0.227. The molecule has 1 saturated heterocycles. The fourth-order valence-corrected chi connectivity index (χ4v) is 12.5. The summed E-state index contributed by atoms with van der Waals surface area (Å²) in [6, 6.07) is 27.2. The minimum atomic E-state index is -5.15. The molecule has 0 saturated carbocycles. The van der Waals surface area contributed by atoms with E-state index in [0.717, 1.165) is 28.6 Å². The highest BCUT2D eigenvalue weighted by molar-refractivity contribution is 6.99. The van der Waals surface area contributed by atoms with E-state index in [9.17, 15) is 32.7 Å². The minimum absolute atomic E-state index is 0.00112. The first-order chi connectivity index (χ1) is 28.1. The molecule has 0 unspecified atom stereocenters. The lowest BCUT2D eigenvalue weighted by Gasteiger charge is -2.43. The van der Waals surface area contributed by atoms with Gasteiger partial charge in [0.15, 0.2) is 34.4 Å². The second-order valence-electron chi connectivity index (χ2n) is 15.4. The highest BCUT2D eigenvalue weighted by Gasteiger charge is 2.51. The Morgan fingerprint density at radius 1 is 0.881 bits per heavy atom. The van der Waals surface area contributed by atoms with Gasteiger partial charge in [0, 0.05) is 39.8 Å². The Hall–Kier alpha value is -6.31. The zero-order valence-electron chi connectivity index (χ0n) is 31.9. The average Bonchev–Trinajstić information content (AvgIpc) is 3.78. The number of hydrogen-bond acceptors (Lipinski definition) is 10. The van der Waals surface area contributed by atoms with Crippen LogP contribution in [0, 0.1) is 11.8 Å². The first kappa shape index (κ1) is 39.5. The van der Waals surface area contributed by atoms with Gasteiger partial charge in [-0.15, -0.1) is 0 Å². The first-order valence-electron chi connectivity index (χ1n) is 18.7. The van der Waals surface area contributed by atoms with Gasteiger partial charge in [0.25, 0.3) is 14.1 Å². The molecule has 298 valence electrons. The molecule has 0 bridgehead atoms. The van der Waals surface area contributed by atoms with Crippen molar-refractivity contribution >= 4 is 53.0 Å². The summed E-state index contributed by atoms with van der Waals surface area (Å²) >= 11 is 0. The van der Waals surface area contributed by atoms with Crippen molar-refractivity contribution < 1.29 is 41.8 Å². The van der Waals surface area contributed by atoms with Gasteiger partial charge in [0.05, 0.1) is 12.7 Å². The maximum Gasteiger partial charge on any atom is 0.454 e. The van der Waals surface area contributed by atoms with Crippen LogP contribution < -0.4 is 16.1 Å². The molecule has 1 aliphatic carbocycles. The largest absolute Gasteiger partial charge is 0.454 e. The molecule has 1 aliphatic heterocycles. The van der Waals surface area contributed by atoms with Gasteiger partial charge < -0.3 is 20.0 Å². The van der Waals surface area contributed by atoms with Crippen molar-refractivity contribution in [2.45, 2.75) is 56.8 Å². The highest BCUT2D eigenvalue weighted by Crippen LogP contribution is 2.39. The predicted octanol–water partition coefficient (Wildman–Crippen LogP) is 5.55. The van der Waals surface area contributed by atoms with Crippen molar-refractivity contribution in [3.05, 3.63) is 143 Å².